The molecule has 0 bridgehead atoms. The molecule has 0 aromatic rings. The standard InChI is InChI=1S/C20H42N4O2/c1-10-14(11-2)17(25)16(21-23-19(4,5)6)13-15(12-3)18(26)22-24-20(7,8)9/h14-16,18,21,23,26H,10-13H2,1-9H3. The van der Waals surface area contributed by atoms with E-state index in [9.17, 15) is 9.90 Å². The van der Waals surface area contributed by atoms with E-state index in [1.807, 2.05) is 62.3 Å². The second-order valence-electron chi connectivity index (χ2n) is 9.19. The highest BCUT2D eigenvalue weighted by Crippen LogP contribution is 2.22. The molecule has 0 heterocycles. The normalized spacial score (nSPS) is 16.9. The van der Waals surface area contributed by atoms with Gasteiger partial charge in [0.2, 0.25) is 0 Å². The summed E-state index contributed by atoms with van der Waals surface area (Å²) in [6.07, 6.45) is 2.01. The van der Waals surface area contributed by atoms with Gasteiger partial charge in [0.1, 0.15) is 0 Å². The highest BCUT2D eigenvalue weighted by Gasteiger charge is 2.30. The number of nitrogens with zero attached hydrogens (tertiary/aromatic N) is 2. The number of carbonyl (C=O) groups excluding carboxylic acids is 1. The predicted octanol–water partition coefficient (Wildman–Crippen LogP) is 4.24. The van der Waals surface area contributed by atoms with Crippen LogP contribution in [0.2, 0.25) is 0 Å². The molecule has 0 spiro atoms. The number of hydrogen-bond donors (Lipinski definition) is 3. The maximum atomic E-state index is 13.0. The number of ketones is 1. The molecule has 0 amide bonds. The van der Waals surface area contributed by atoms with Crippen molar-refractivity contribution in [2.45, 2.75) is 111 Å². The van der Waals surface area contributed by atoms with Gasteiger partial charge in [-0.25, -0.2) is 5.43 Å². The van der Waals surface area contributed by atoms with E-state index in [4.69, 9.17) is 0 Å². The van der Waals surface area contributed by atoms with Crippen molar-refractivity contribution in [1.82, 2.24) is 10.9 Å². The lowest BCUT2D eigenvalue weighted by Gasteiger charge is -2.30. The predicted molar refractivity (Wildman–Crippen MR) is 108 cm³/mol. The van der Waals surface area contributed by atoms with Gasteiger partial charge in [-0.2, -0.15) is 10.2 Å². The second-order valence-corrected chi connectivity index (χ2v) is 9.19. The zero-order valence-corrected chi connectivity index (χ0v) is 18.4. The van der Waals surface area contributed by atoms with Gasteiger partial charge < -0.3 is 5.11 Å². The highest BCUT2D eigenvalue weighted by molar-refractivity contribution is 5.86. The largest absolute Gasteiger partial charge is 0.370 e. The number of hydrogen-bond acceptors (Lipinski definition) is 6. The molecule has 0 aliphatic carbocycles. The van der Waals surface area contributed by atoms with Crippen LogP contribution in [0.3, 0.4) is 0 Å². The zero-order chi connectivity index (χ0) is 20.5. The van der Waals surface area contributed by atoms with Crippen molar-refractivity contribution in [3.05, 3.63) is 0 Å². The van der Waals surface area contributed by atoms with Gasteiger partial charge in [0.25, 0.3) is 0 Å². The van der Waals surface area contributed by atoms with Crippen LogP contribution < -0.4 is 10.9 Å². The van der Waals surface area contributed by atoms with Crippen molar-refractivity contribution in [1.29, 1.82) is 0 Å². The third kappa shape index (κ3) is 10.3. The van der Waals surface area contributed by atoms with Gasteiger partial charge in [0.05, 0.1) is 11.6 Å². The molecule has 0 aromatic heterocycles. The van der Waals surface area contributed by atoms with Crippen LogP contribution in [0, 0.1) is 11.8 Å². The van der Waals surface area contributed by atoms with E-state index >= 15 is 0 Å². The fraction of sp³-hybridized carbons (Fsp3) is 0.950. The molecule has 0 fully saturated rings. The van der Waals surface area contributed by atoms with Crippen LogP contribution in [0.5, 0.6) is 0 Å². The van der Waals surface area contributed by atoms with Crippen molar-refractivity contribution in [2.24, 2.45) is 22.1 Å². The van der Waals surface area contributed by atoms with E-state index in [1.54, 1.807) is 0 Å². The molecule has 26 heavy (non-hydrogen) atoms. The first kappa shape index (κ1) is 25.1. The fourth-order valence-corrected chi connectivity index (χ4v) is 2.65. The van der Waals surface area contributed by atoms with E-state index in [2.05, 4.69) is 21.1 Å². The minimum atomic E-state index is -0.896. The van der Waals surface area contributed by atoms with Crippen molar-refractivity contribution in [3.63, 3.8) is 0 Å². The Labute approximate surface area is 160 Å². The van der Waals surface area contributed by atoms with Crippen LogP contribution in [0.15, 0.2) is 10.2 Å². The van der Waals surface area contributed by atoms with Gasteiger partial charge in [-0.15, -0.1) is 0 Å². The fourth-order valence-electron chi connectivity index (χ4n) is 2.65. The maximum absolute atomic E-state index is 13.0. The number of aliphatic hydroxyl groups excluding tert-OH is 1. The van der Waals surface area contributed by atoms with Gasteiger partial charge in [-0.1, -0.05) is 20.8 Å². The Bertz CT molecular complexity index is 434. The quantitative estimate of drug-likeness (QED) is 0.375. The number of nitrogens with one attached hydrogen (secondary N) is 2. The molecule has 0 saturated carbocycles. The lowest BCUT2D eigenvalue weighted by atomic mass is 9.87. The van der Waals surface area contributed by atoms with Gasteiger partial charge in [0, 0.05) is 17.4 Å². The highest BCUT2D eigenvalue weighted by atomic mass is 16.3. The summed E-state index contributed by atoms with van der Waals surface area (Å²) in [6.45, 7) is 18.1. The Balaban J connectivity index is 5.26. The summed E-state index contributed by atoms with van der Waals surface area (Å²) in [6, 6.07) is -0.358. The first-order chi connectivity index (χ1) is 11.8. The molecule has 154 valence electrons. The third-order valence-corrected chi connectivity index (χ3v) is 4.31. The minimum absolute atomic E-state index is 0.0279. The minimum Gasteiger partial charge on any atom is -0.370 e. The number of rotatable bonds is 11. The van der Waals surface area contributed by atoms with Crippen LogP contribution in [0.25, 0.3) is 0 Å². The first-order valence-corrected chi connectivity index (χ1v) is 10.0. The Morgan fingerprint density at radius 3 is 1.92 bits per heavy atom. The van der Waals surface area contributed by atoms with Gasteiger partial charge in [-0.05, 0) is 67.2 Å². The summed E-state index contributed by atoms with van der Waals surface area (Å²) in [5.41, 5.74) is 5.96. The lowest BCUT2D eigenvalue weighted by molar-refractivity contribution is -0.126. The SMILES string of the molecule is CCC(CC)C(=O)C(CC(CC)C(O)N=NC(C)(C)C)NNC(C)(C)C. The average Bonchev–Trinajstić information content (AvgIpc) is 2.52. The number of azo groups is 1. The Hall–Kier alpha value is -0.850. The monoisotopic (exact) mass is 370 g/mol. The Morgan fingerprint density at radius 2 is 1.54 bits per heavy atom. The van der Waals surface area contributed by atoms with Crippen LogP contribution in [0.4, 0.5) is 0 Å². The Morgan fingerprint density at radius 1 is 1.00 bits per heavy atom. The van der Waals surface area contributed by atoms with Crippen LogP contribution in [0.1, 0.15) is 88.0 Å². The van der Waals surface area contributed by atoms with Gasteiger partial charge in [0.15, 0.2) is 12.0 Å². The molecule has 0 aromatic carbocycles. The molecule has 6 heteroatoms. The van der Waals surface area contributed by atoms with E-state index in [1.165, 1.54) is 0 Å². The molecule has 0 rings (SSSR count). The number of Topliss-reactive ketones (excluding diaryl/α,β-unsaturated/α-hetero) is 1. The zero-order valence-electron chi connectivity index (χ0n) is 18.4. The molecule has 0 aliphatic heterocycles. The van der Waals surface area contributed by atoms with Crippen LogP contribution in [-0.2, 0) is 4.79 Å². The summed E-state index contributed by atoms with van der Waals surface area (Å²) < 4.78 is 0. The summed E-state index contributed by atoms with van der Waals surface area (Å²) in [5.74, 6) is 0.101. The topological polar surface area (TPSA) is 86.1 Å². The van der Waals surface area contributed by atoms with E-state index in [0.29, 0.717) is 6.42 Å². The van der Waals surface area contributed by atoms with Gasteiger partial charge >= 0.3 is 0 Å². The first-order valence-electron chi connectivity index (χ1n) is 10.0. The molecule has 3 atom stereocenters. The molecule has 0 radical (unpaired) electrons. The molecular formula is C20H42N4O2. The molecule has 0 saturated heterocycles. The maximum Gasteiger partial charge on any atom is 0.168 e. The van der Waals surface area contributed by atoms with Crippen molar-refractivity contribution < 1.29 is 9.90 Å². The second kappa shape index (κ2) is 11.1. The van der Waals surface area contributed by atoms with Crippen molar-refractivity contribution in [3.8, 4) is 0 Å². The van der Waals surface area contributed by atoms with E-state index in [0.717, 1.165) is 19.3 Å². The summed E-state index contributed by atoms with van der Waals surface area (Å²) in [5, 5.41) is 18.7. The summed E-state index contributed by atoms with van der Waals surface area (Å²) >= 11 is 0. The smallest absolute Gasteiger partial charge is 0.168 e. The van der Waals surface area contributed by atoms with Crippen LogP contribution in [-0.4, -0.2) is 34.2 Å². The summed E-state index contributed by atoms with van der Waals surface area (Å²) in [4.78, 5) is 13.0. The lowest BCUT2D eigenvalue weighted by Crippen LogP contribution is -2.55. The number of hydrazine groups is 1. The third-order valence-electron chi connectivity index (χ3n) is 4.31. The van der Waals surface area contributed by atoms with Gasteiger partial charge in [-0.3, -0.25) is 10.2 Å². The Kier molecular flexibility index (Phi) is 10.7. The molecule has 3 unspecified atom stereocenters. The molecule has 0 aliphatic rings. The average molecular weight is 371 g/mol. The van der Waals surface area contributed by atoms with E-state index < -0.39 is 6.23 Å². The van der Waals surface area contributed by atoms with E-state index in [-0.39, 0.29) is 34.7 Å². The summed E-state index contributed by atoms with van der Waals surface area (Å²) in [7, 11) is 0. The molecule has 6 nitrogen and oxygen atoms in total. The molecule has 3 N–H and O–H groups in total. The van der Waals surface area contributed by atoms with Crippen molar-refractivity contribution in [2.75, 3.05) is 0 Å². The van der Waals surface area contributed by atoms with Crippen LogP contribution >= 0.6 is 0 Å². The molecular weight excluding hydrogens is 328 g/mol. The number of aliphatic hydroxyl groups is 1. The van der Waals surface area contributed by atoms with Crippen molar-refractivity contribution >= 4 is 5.78 Å². The number of carbonyl (C=O) groups is 1.